The fourth-order valence-corrected chi connectivity index (χ4v) is 1.96. The normalized spacial score (nSPS) is 10.5. The first-order valence-electron chi connectivity index (χ1n) is 5.04. The largest absolute Gasteiger partial charge is 0.462 e. The van der Waals surface area contributed by atoms with Gasteiger partial charge < -0.3 is 4.74 Å². The summed E-state index contributed by atoms with van der Waals surface area (Å²) in [4.78, 5) is 15.8. The summed E-state index contributed by atoms with van der Waals surface area (Å²) in [6.07, 6.45) is 1.59. The maximum atomic E-state index is 11.8. The summed E-state index contributed by atoms with van der Waals surface area (Å²) < 4.78 is 4.95. The summed E-state index contributed by atoms with van der Waals surface area (Å²) in [5.41, 5.74) is 0.258. The van der Waals surface area contributed by atoms with Gasteiger partial charge in [-0.2, -0.15) is 0 Å². The minimum atomic E-state index is -0.488. The molecule has 1 aromatic heterocycles. The molecule has 0 amide bonds. The highest BCUT2D eigenvalue weighted by Crippen LogP contribution is 2.27. The molecular formula is C12H9Cl2NO2. The number of pyridine rings is 1. The molecule has 0 fully saturated rings. The van der Waals surface area contributed by atoms with E-state index in [4.69, 9.17) is 27.9 Å². The molecule has 1 aromatic carbocycles. The fraction of sp³-hybridized carbons (Fsp3) is 0.167. The van der Waals surface area contributed by atoms with E-state index in [1.165, 1.54) is 0 Å². The molecule has 0 aliphatic rings. The number of halogens is 2. The van der Waals surface area contributed by atoms with Crippen molar-refractivity contribution in [2.45, 2.75) is 6.92 Å². The van der Waals surface area contributed by atoms with Gasteiger partial charge in [-0.05, 0) is 19.1 Å². The van der Waals surface area contributed by atoms with Crippen LogP contribution in [0.1, 0.15) is 17.3 Å². The number of rotatable bonds is 2. The molecule has 0 atom stereocenters. The predicted octanol–water partition coefficient (Wildman–Crippen LogP) is 3.72. The Labute approximate surface area is 108 Å². The summed E-state index contributed by atoms with van der Waals surface area (Å²) in [6.45, 7) is 2.02. The number of aromatic nitrogens is 1. The molecule has 2 aromatic rings. The molecule has 2 rings (SSSR count). The van der Waals surface area contributed by atoms with E-state index in [0.29, 0.717) is 10.4 Å². The molecule has 0 bridgehead atoms. The second-order valence-electron chi connectivity index (χ2n) is 3.38. The molecule has 0 N–H and O–H groups in total. The Hall–Kier alpha value is -1.32. The maximum Gasteiger partial charge on any atom is 0.341 e. The Kier molecular flexibility index (Phi) is 3.50. The Balaban J connectivity index is 2.70. The zero-order valence-electron chi connectivity index (χ0n) is 9.04. The standard InChI is InChI=1S/C12H9Cl2NO2/c1-2-17-12(16)10-9-5-8(13)4-3-7(9)6-15-11(10)14/h3-6H,2H2,1H3. The van der Waals surface area contributed by atoms with Crippen LogP contribution in [0, 0.1) is 0 Å². The summed E-state index contributed by atoms with van der Waals surface area (Å²) >= 11 is 11.8. The lowest BCUT2D eigenvalue weighted by atomic mass is 10.1. The number of fused-ring (bicyclic) bond motifs is 1. The van der Waals surface area contributed by atoms with Crippen molar-refractivity contribution in [1.82, 2.24) is 4.98 Å². The quantitative estimate of drug-likeness (QED) is 0.616. The average molecular weight is 270 g/mol. The number of ether oxygens (including phenoxy) is 1. The topological polar surface area (TPSA) is 39.2 Å². The van der Waals surface area contributed by atoms with Gasteiger partial charge in [0.15, 0.2) is 0 Å². The van der Waals surface area contributed by atoms with E-state index >= 15 is 0 Å². The molecule has 88 valence electrons. The molecule has 1 heterocycles. The summed E-state index contributed by atoms with van der Waals surface area (Å²) in [5.74, 6) is -0.488. The predicted molar refractivity (Wildman–Crippen MR) is 67.7 cm³/mol. The second-order valence-corrected chi connectivity index (χ2v) is 4.17. The molecule has 3 nitrogen and oxygen atoms in total. The van der Waals surface area contributed by atoms with Crippen LogP contribution in [0.4, 0.5) is 0 Å². The van der Waals surface area contributed by atoms with Crippen molar-refractivity contribution in [2.75, 3.05) is 6.61 Å². The molecule has 0 aliphatic heterocycles. The molecule has 0 spiro atoms. The van der Waals surface area contributed by atoms with Crippen molar-refractivity contribution in [3.05, 3.63) is 40.1 Å². The minimum absolute atomic E-state index is 0.123. The van der Waals surface area contributed by atoms with E-state index in [-0.39, 0.29) is 17.3 Å². The number of hydrogen-bond acceptors (Lipinski definition) is 3. The Morgan fingerprint density at radius 1 is 1.41 bits per heavy atom. The van der Waals surface area contributed by atoms with Gasteiger partial charge in [0.25, 0.3) is 0 Å². The Bertz CT molecular complexity index is 579. The molecule has 0 saturated heterocycles. The molecule has 0 aliphatic carbocycles. The lowest BCUT2D eigenvalue weighted by Crippen LogP contribution is -2.07. The SMILES string of the molecule is CCOC(=O)c1c(Cl)ncc2ccc(Cl)cc12. The fourth-order valence-electron chi connectivity index (χ4n) is 1.56. The monoisotopic (exact) mass is 269 g/mol. The van der Waals surface area contributed by atoms with E-state index in [9.17, 15) is 4.79 Å². The smallest absolute Gasteiger partial charge is 0.341 e. The van der Waals surface area contributed by atoms with Gasteiger partial charge in [-0.3, -0.25) is 0 Å². The third-order valence-electron chi connectivity index (χ3n) is 2.29. The van der Waals surface area contributed by atoms with Crippen LogP contribution in [0.15, 0.2) is 24.4 Å². The van der Waals surface area contributed by atoms with Crippen LogP contribution in [0.3, 0.4) is 0 Å². The van der Waals surface area contributed by atoms with Crippen LogP contribution < -0.4 is 0 Å². The van der Waals surface area contributed by atoms with Crippen molar-refractivity contribution in [2.24, 2.45) is 0 Å². The zero-order chi connectivity index (χ0) is 12.4. The first-order chi connectivity index (χ1) is 8.13. The Morgan fingerprint density at radius 2 is 2.18 bits per heavy atom. The highest BCUT2D eigenvalue weighted by molar-refractivity contribution is 6.35. The van der Waals surface area contributed by atoms with Crippen LogP contribution in [0.5, 0.6) is 0 Å². The van der Waals surface area contributed by atoms with Crippen LogP contribution in [-0.2, 0) is 4.74 Å². The number of nitrogens with zero attached hydrogens (tertiary/aromatic N) is 1. The molecular weight excluding hydrogens is 261 g/mol. The lowest BCUT2D eigenvalue weighted by Gasteiger charge is -2.07. The van der Waals surface area contributed by atoms with Crippen molar-refractivity contribution < 1.29 is 9.53 Å². The first kappa shape index (κ1) is 12.1. The van der Waals surface area contributed by atoms with Crippen LogP contribution in [0.25, 0.3) is 10.8 Å². The van der Waals surface area contributed by atoms with E-state index in [0.717, 1.165) is 5.39 Å². The summed E-state index contributed by atoms with van der Waals surface area (Å²) in [5, 5.41) is 2.10. The molecule has 0 saturated carbocycles. The highest BCUT2D eigenvalue weighted by Gasteiger charge is 2.16. The number of carbonyl (C=O) groups is 1. The molecule has 0 radical (unpaired) electrons. The molecule has 0 unspecified atom stereocenters. The van der Waals surface area contributed by atoms with Gasteiger partial charge >= 0.3 is 5.97 Å². The van der Waals surface area contributed by atoms with Gasteiger partial charge in [0.1, 0.15) is 10.7 Å². The van der Waals surface area contributed by atoms with Gasteiger partial charge in [0.05, 0.1) is 6.61 Å². The average Bonchev–Trinajstić information content (AvgIpc) is 2.28. The van der Waals surface area contributed by atoms with Gasteiger partial charge in [-0.1, -0.05) is 29.3 Å². The van der Waals surface area contributed by atoms with E-state index in [1.807, 2.05) is 0 Å². The van der Waals surface area contributed by atoms with Crippen molar-refractivity contribution in [3.63, 3.8) is 0 Å². The van der Waals surface area contributed by atoms with Crippen molar-refractivity contribution in [1.29, 1.82) is 0 Å². The lowest BCUT2D eigenvalue weighted by molar-refractivity contribution is 0.0528. The summed E-state index contributed by atoms with van der Waals surface area (Å²) in [7, 11) is 0. The van der Waals surface area contributed by atoms with Gasteiger partial charge in [0, 0.05) is 22.0 Å². The van der Waals surface area contributed by atoms with E-state index in [1.54, 1.807) is 31.3 Å². The van der Waals surface area contributed by atoms with Gasteiger partial charge in [-0.25, -0.2) is 9.78 Å². The molecule has 5 heteroatoms. The van der Waals surface area contributed by atoms with Crippen LogP contribution >= 0.6 is 23.2 Å². The number of hydrogen-bond donors (Lipinski definition) is 0. The van der Waals surface area contributed by atoms with Crippen LogP contribution in [-0.4, -0.2) is 17.6 Å². The third-order valence-corrected chi connectivity index (χ3v) is 2.81. The number of esters is 1. The zero-order valence-corrected chi connectivity index (χ0v) is 10.5. The summed E-state index contributed by atoms with van der Waals surface area (Å²) in [6, 6.07) is 5.19. The third kappa shape index (κ3) is 2.35. The second kappa shape index (κ2) is 4.90. The number of carbonyl (C=O) groups excluding carboxylic acids is 1. The van der Waals surface area contributed by atoms with Gasteiger partial charge in [-0.15, -0.1) is 0 Å². The Morgan fingerprint density at radius 3 is 2.88 bits per heavy atom. The van der Waals surface area contributed by atoms with E-state index < -0.39 is 5.97 Å². The first-order valence-corrected chi connectivity index (χ1v) is 5.80. The van der Waals surface area contributed by atoms with Crippen molar-refractivity contribution in [3.8, 4) is 0 Å². The van der Waals surface area contributed by atoms with Gasteiger partial charge in [0.2, 0.25) is 0 Å². The van der Waals surface area contributed by atoms with Crippen molar-refractivity contribution >= 4 is 39.9 Å². The van der Waals surface area contributed by atoms with E-state index in [2.05, 4.69) is 4.98 Å². The maximum absolute atomic E-state index is 11.8. The highest BCUT2D eigenvalue weighted by atomic mass is 35.5. The molecule has 17 heavy (non-hydrogen) atoms. The minimum Gasteiger partial charge on any atom is -0.462 e. The number of benzene rings is 1. The van der Waals surface area contributed by atoms with Crippen LogP contribution in [0.2, 0.25) is 10.2 Å².